The third kappa shape index (κ3) is 19.0. The van der Waals surface area contributed by atoms with E-state index in [-0.39, 0.29) is 55.9 Å². The lowest BCUT2D eigenvalue weighted by Crippen LogP contribution is -2.62. The molecule has 0 saturated carbocycles. The number of amides is 8. The molecule has 0 bridgehead atoms. The number of para-hydroxylation sites is 1. The molecule has 0 radical (unpaired) electrons. The van der Waals surface area contributed by atoms with Crippen LogP contribution in [0.1, 0.15) is 61.8 Å². The van der Waals surface area contributed by atoms with Crippen molar-refractivity contribution in [1.29, 1.82) is 0 Å². The van der Waals surface area contributed by atoms with Gasteiger partial charge in [0.05, 0.1) is 6.04 Å². The molecule has 8 rings (SSSR count). The number of nitrogens with one attached hydrogen (secondary N) is 8. The smallest absolute Gasteiger partial charge is 0.244 e. The van der Waals surface area contributed by atoms with Crippen LogP contribution in [0.2, 0.25) is 0 Å². The van der Waals surface area contributed by atoms with Gasteiger partial charge in [0.25, 0.3) is 0 Å². The monoisotopic (exact) mass is 1260 g/mol. The van der Waals surface area contributed by atoms with Crippen molar-refractivity contribution in [2.24, 2.45) is 23.1 Å². The van der Waals surface area contributed by atoms with E-state index in [4.69, 9.17) is 17.2 Å². The zero-order valence-corrected chi connectivity index (χ0v) is 52.0. The highest BCUT2D eigenvalue weighted by Gasteiger charge is 2.37. The number of aromatic amines is 1. The van der Waals surface area contributed by atoms with E-state index in [0.29, 0.717) is 36.0 Å². The van der Waals surface area contributed by atoms with Crippen molar-refractivity contribution >= 4 is 79.7 Å². The largest absolute Gasteiger partial charge is 0.508 e. The van der Waals surface area contributed by atoms with Gasteiger partial charge in [-0.3, -0.25) is 38.4 Å². The van der Waals surface area contributed by atoms with E-state index in [1.165, 1.54) is 12.1 Å². The maximum Gasteiger partial charge on any atom is 0.244 e. The van der Waals surface area contributed by atoms with Gasteiger partial charge < -0.3 is 64.5 Å². The number of fused-ring (bicyclic) bond motifs is 1. The topological polar surface area (TPSA) is 335 Å². The Labute approximate surface area is 531 Å². The Hall–Kier alpha value is -8.96. The third-order valence-electron chi connectivity index (χ3n) is 15.9. The first-order chi connectivity index (χ1) is 43.5. The molecular formula is C68H79N11O9S2. The van der Waals surface area contributed by atoms with Crippen molar-refractivity contribution in [3.05, 3.63) is 186 Å². The van der Waals surface area contributed by atoms with Crippen LogP contribution in [-0.2, 0) is 64.0 Å². The number of benzene rings is 6. The first kappa shape index (κ1) is 67.0. The summed E-state index contributed by atoms with van der Waals surface area (Å²) in [6, 6.07) is 37.5. The number of carbonyl (C=O) groups is 8. The van der Waals surface area contributed by atoms with Gasteiger partial charge >= 0.3 is 0 Å². The minimum atomic E-state index is -1.41. The summed E-state index contributed by atoms with van der Waals surface area (Å²) in [5.74, 6) is -7.04. The first-order valence-corrected chi connectivity index (χ1v) is 32.7. The molecule has 90 heavy (non-hydrogen) atoms. The van der Waals surface area contributed by atoms with Gasteiger partial charge in [-0.15, -0.1) is 0 Å². The third-order valence-corrected chi connectivity index (χ3v) is 18.4. The van der Waals surface area contributed by atoms with Crippen LogP contribution < -0.4 is 54.4 Å². The van der Waals surface area contributed by atoms with Crippen LogP contribution in [-0.4, -0.2) is 124 Å². The van der Waals surface area contributed by atoms with Crippen LogP contribution in [0.4, 0.5) is 0 Å². The minimum absolute atomic E-state index is 0.00748. The van der Waals surface area contributed by atoms with Gasteiger partial charge in [0.15, 0.2) is 0 Å². The zero-order valence-electron chi connectivity index (χ0n) is 50.3. The maximum absolute atomic E-state index is 15.1. The SMILES string of the molecule is CC[C@H](C)[C@@H]1NC(=O)[C@H](CCCCN)NC(=O)[C@@H](Cc2c[nH]c3ccccc23)NC(=O)[C@H](Cc2ccc(O)cc2)NC(=O)[C@H](NC(=O)[C@@H](N)Cc2ccc(-c3ccccc3)cc2)CSSC[C@@H](C(=O)N[C@@H](Cc2ccc(-c3ccccc3)cc2)C(N)=O)NC1=O. The molecular weight excluding hydrogens is 1180 g/mol. The number of hydrogen-bond donors (Lipinski definition) is 12. The van der Waals surface area contributed by atoms with E-state index in [2.05, 4.69) is 42.2 Å². The highest BCUT2D eigenvalue weighted by molar-refractivity contribution is 8.76. The first-order valence-electron chi connectivity index (χ1n) is 30.2. The van der Waals surface area contributed by atoms with E-state index < -0.39 is 102 Å². The molecule has 22 heteroatoms. The molecule has 1 aliphatic rings. The molecule has 0 spiro atoms. The van der Waals surface area contributed by atoms with Gasteiger partial charge in [-0.25, -0.2) is 0 Å². The number of aromatic hydroxyl groups is 1. The number of primary amides is 1. The molecule has 15 N–H and O–H groups in total. The van der Waals surface area contributed by atoms with E-state index in [0.717, 1.165) is 60.3 Å². The molecule has 7 aromatic rings. The molecule has 472 valence electrons. The normalized spacial score (nSPS) is 20.0. The van der Waals surface area contributed by atoms with Crippen molar-refractivity contribution < 1.29 is 43.5 Å². The Morgan fingerprint density at radius 3 is 1.74 bits per heavy atom. The molecule has 8 amide bonds. The predicted octanol–water partition coefficient (Wildman–Crippen LogP) is 5.25. The average Bonchev–Trinajstić information content (AvgIpc) is 2.12. The quantitative estimate of drug-likeness (QED) is 0.0323. The van der Waals surface area contributed by atoms with Crippen molar-refractivity contribution in [1.82, 2.24) is 42.2 Å². The number of phenolic OH excluding ortho intramolecular Hbond substituents is 1. The number of H-pyrrole nitrogens is 1. The van der Waals surface area contributed by atoms with Gasteiger partial charge in [0, 0.05) is 47.9 Å². The number of carbonyl (C=O) groups excluding carboxylic acids is 8. The van der Waals surface area contributed by atoms with E-state index >= 15 is 9.59 Å². The molecule has 0 aliphatic carbocycles. The van der Waals surface area contributed by atoms with E-state index in [9.17, 15) is 33.9 Å². The lowest BCUT2D eigenvalue weighted by atomic mass is 9.96. The van der Waals surface area contributed by atoms with Crippen molar-refractivity contribution in [3.8, 4) is 28.0 Å². The van der Waals surface area contributed by atoms with Crippen molar-refractivity contribution in [2.75, 3.05) is 18.1 Å². The lowest BCUT2D eigenvalue weighted by molar-refractivity contribution is -0.136. The Morgan fingerprint density at radius 2 is 1.13 bits per heavy atom. The summed E-state index contributed by atoms with van der Waals surface area (Å²) in [7, 11) is 2.14. The number of aromatic nitrogens is 1. The molecule has 0 unspecified atom stereocenters. The molecule has 1 aromatic heterocycles. The zero-order chi connectivity index (χ0) is 64.1. The van der Waals surface area contributed by atoms with Gasteiger partial charge in [0.2, 0.25) is 47.3 Å². The Kier molecular flexibility index (Phi) is 24.6. The summed E-state index contributed by atoms with van der Waals surface area (Å²) in [6.07, 6.45) is 2.92. The van der Waals surface area contributed by atoms with Crippen molar-refractivity contribution in [2.45, 2.75) is 114 Å². The summed E-state index contributed by atoms with van der Waals surface area (Å²) in [4.78, 5) is 120. The molecule has 9 atom stereocenters. The van der Waals surface area contributed by atoms with E-state index in [1.54, 1.807) is 25.3 Å². The highest BCUT2D eigenvalue weighted by Crippen LogP contribution is 2.26. The van der Waals surface area contributed by atoms with Crippen LogP contribution in [0, 0.1) is 5.92 Å². The molecule has 1 fully saturated rings. The fraction of sp³-hybridized carbons (Fsp3) is 0.324. The second kappa shape index (κ2) is 33.0. The van der Waals surface area contributed by atoms with Crippen LogP contribution in [0.5, 0.6) is 5.75 Å². The van der Waals surface area contributed by atoms with Crippen LogP contribution in [0.3, 0.4) is 0 Å². The fourth-order valence-corrected chi connectivity index (χ4v) is 12.8. The van der Waals surface area contributed by atoms with Gasteiger partial charge in [0.1, 0.15) is 48.0 Å². The second-order valence-corrected chi connectivity index (χ2v) is 25.1. The molecule has 1 aliphatic heterocycles. The number of rotatable bonds is 21. The lowest BCUT2D eigenvalue weighted by Gasteiger charge is -2.30. The number of unbranched alkanes of at least 4 members (excludes halogenated alkanes) is 1. The summed E-state index contributed by atoms with van der Waals surface area (Å²) in [6.45, 7) is 3.87. The molecule has 2 heterocycles. The standard InChI is InChI=1S/C68H79N11O9S2/c1-3-41(2)60-68(88)78-59(66(86)74-55(61(71)81)35-43-23-29-48(30-24-43)46-16-8-5-9-17-46)40-90-89-39-58(77-62(82)52(70)34-42-21-27-47(28-22-42)45-14-6-4-7-15-45)67(87)75-56(36-44-25-31-50(80)32-26-44)64(84)76-57(37-49-38-72-53-19-11-10-18-51(49)53)65(85)73-54(63(83)79-60)20-12-13-33-69/h4-11,14-19,21-32,38,41,52,54-60,72,80H,3,12-13,20,33-37,39-40,69-70H2,1-2H3,(H2,71,81)(H,73,85)(H,74,86)(H,75,87)(H,76,84)(H,77,82)(H,78,88)(H,79,83)/t41-,52-,54-,55-,56-,57+,58+,59-,60-/m0/s1. The average molecular weight is 1260 g/mol. The molecule has 1 saturated heterocycles. The molecule has 20 nitrogen and oxygen atoms in total. The Bertz CT molecular complexity index is 3560. The highest BCUT2D eigenvalue weighted by atomic mass is 33.1. The predicted molar refractivity (Wildman–Crippen MR) is 353 cm³/mol. The van der Waals surface area contributed by atoms with Gasteiger partial charge in [-0.1, -0.05) is 181 Å². The van der Waals surface area contributed by atoms with Gasteiger partial charge in [-0.2, -0.15) is 0 Å². The number of hydrogen-bond acceptors (Lipinski definition) is 13. The van der Waals surface area contributed by atoms with Crippen LogP contribution in [0.15, 0.2) is 164 Å². The maximum atomic E-state index is 15.1. The summed E-state index contributed by atoms with van der Waals surface area (Å²) >= 11 is 0. The summed E-state index contributed by atoms with van der Waals surface area (Å²) in [5.41, 5.74) is 25.7. The Morgan fingerprint density at radius 1 is 0.600 bits per heavy atom. The van der Waals surface area contributed by atoms with E-state index in [1.807, 2.05) is 140 Å². The Balaban J connectivity index is 1.13. The second-order valence-electron chi connectivity index (χ2n) is 22.6. The van der Waals surface area contributed by atoms with Crippen LogP contribution >= 0.6 is 21.6 Å². The minimum Gasteiger partial charge on any atom is -0.508 e. The number of phenols is 1. The fourth-order valence-electron chi connectivity index (χ4n) is 10.5. The number of nitrogens with two attached hydrogens (primary N) is 3. The van der Waals surface area contributed by atoms with Crippen LogP contribution in [0.25, 0.3) is 33.2 Å². The summed E-state index contributed by atoms with van der Waals surface area (Å²) in [5, 5.41) is 30.9. The van der Waals surface area contributed by atoms with Crippen molar-refractivity contribution in [3.63, 3.8) is 0 Å². The van der Waals surface area contributed by atoms with Gasteiger partial charge in [-0.05, 0) is 101 Å². The summed E-state index contributed by atoms with van der Waals surface area (Å²) < 4.78 is 0. The molecule has 6 aromatic carbocycles.